The molecule has 0 spiro atoms. The predicted molar refractivity (Wildman–Crippen MR) is 98.6 cm³/mol. The number of hydrogen-bond acceptors (Lipinski definition) is 5. The van der Waals surface area contributed by atoms with Crippen molar-refractivity contribution in [3.8, 4) is 0 Å². The number of imide groups is 1. The van der Waals surface area contributed by atoms with E-state index < -0.39 is 36.5 Å². The number of urea groups is 1. The summed E-state index contributed by atoms with van der Waals surface area (Å²) in [5.74, 6) is -2.29. The van der Waals surface area contributed by atoms with Gasteiger partial charge in [-0.25, -0.2) is 9.59 Å². The van der Waals surface area contributed by atoms with Crippen LogP contribution in [0.5, 0.6) is 0 Å². The maximum atomic E-state index is 12.4. The Hall–Kier alpha value is -2.32. The van der Waals surface area contributed by atoms with Crippen LogP contribution in [0.1, 0.15) is 24.2 Å². The lowest BCUT2D eigenvalue weighted by Crippen LogP contribution is -2.46. The molecule has 146 valence electrons. The van der Waals surface area contributed by atoms with Gasteiger partial charge in [0.05, 0.1) is 10.6 Å². The molecule has 27 heavy (non-hydrogen) atoms. The van der Waals surface area contributed by atoms with Crippen LogP contribution in [0.3, 0.4) is 0 Å². The summed E-state index contributed by atoms with van der Waals surface area (Å²) in [5, 5.41) is 5.55. The number of hydrogen-bond donors (Lipinski definition) is 2. The van der Waals surface area contributed by atoms with Gasteiger partial charge in [-0.1, -0.05) is 37.0 Å². The Balaban J connectivity index is 1.99. The molecule has 10 heteroatoms. The minimum atomic E-state index is -0.996. The SMILES string of the molecule is CC(C)[C@H](NC(=O)c1ccc(Cl)cc1Cl)C(=O)OCC(=O)N1CCNC1=O. The summed E-state index contributed by atoms with van der Waals surface area (Å²) in [6, 6.07) is 2.84. The van der Waals surface area contributed by atoms with Crippen LogP contribution in [0.25, 0.3) is 0 Å². The van der Waals surface area contributed by atoms with E-state index in [9.17, 15) is 19.2 Å². The highest BCUT2D eigenvalue weighted by Gasteiger charge is 2.30. The van der Waals surface area contributed by atoms with Crippen molar-refractivity contribution in [2.75, 3.05) is 19.7 Å². The molecule has 1 heterocycles. The van der Waals surface area contributed by atoms with Gasteiger partial charge in [0.25, 0.3) is 11.8 Å². The molecule has 1 aliphatic rings. The van der Waals surface area contributed by atoms with Gasteiger partial charge in [0, 0.05) is 18.1 Å². The Bertz CT molecular complexity index is 769. The van der Waals surface area contributed by atoms with Gasteiger partial charge in [-0.3, -0.25) is 14.5 Å². The number of ether oxygens (including phenoxy) is 1. The van der Waals surface area contributed by atoms with E-state index in [1.165, 1.54) is 18.2 Å². The number of esters is 1. The molecule has 1 aromatic carbocycles. The molecule has 1 aromatic rings. The molecule has 2 rings (SSSR count). The summed E-state index contributed by atoms with van der Waals surface area (Å²) < 4.78 is 5.00. The number of nitrogens with zero attached hydrogens (tertiary/aromatic N) is 1. The van der Waals surface area contributed by atoms with E-state index in [2.05, 4.69) is 10.6 Å². The molecule has 1 aliphatic heterocycles. The summed E-state index contributed by atoms with van der Waals surface area (Å²) in [7, 11) is 0. The summed E-state index contributed by atoms with van der Waals surface area (Å²) in [6.45, 7) is 3.41. The Kier molecular flexibility index (Phi) is 7.04. The van der Waals surface area contributed by atoms with E-state index in [0.717, 1.165) is 4.90 Å². The number of carbonyl (C=O) groups is 4. The first-order chi connectivity index (χ1) is 12.7. The monoisotopic (exact) mass is 415 g/mol. The number of nitrogens with one attached hydrogen (secondary N) is 2. The molecule has 4 amide bonds. The normalized spacial score (nSPS) is 14.7. The highest BCUT2D eigenvalue weighted by molar-refractivity contribution is 6.36. The van der Waals surface area contributed by atoms with Crippen molar-refractivity contribution in [3.05, 3.63) is 33.8 Å². The van der Waals surface area contributed by atoms with Crippen LogP contribution in [0, 0.1) is 5.92 Å². The second-order valence-corrected chi connectivity index (χ2v) is 7.05. The van der Waals surface area contributed by atoms with Crippen LogP contribution in [0.2, 0.25) is 10.0 Å². The Morgan fingerprint density at radius 1 is 1.30 bits per heavy atom. The van der Waals surface area contributed by atoms with Crippen molar-refractivity contribution in [1.82, 2.24) is 15.5 Å². The fourth-order valence-corrected chi connectivity index (χ4v) is 2.89. The van der Waals surface area contributed by atoms with E-state index in [0.29, 0.717) is 11.6 Å². The second kappa shape index (κ2) is 9.05. The Labute approximate surface area is 166 Å². The van der Waals surface area contributed by atoms with E-state index >= 15 is 0 Å². The van der Waals surface area contributed by atoms with Crippen LogP contribution in [-0.2, 0) is 14.3 Å². The fourth-order valence-electron chi connectivity index (χ4n) is 2.40. The van der Waals surface area contributed by atoms with Crippen molar-refractivity contribution < 1.29 is 23.9 Å². The number of amides is 4. The van der Waals surface area contributed by atoms with Crippen molar-refractivity contribution in [2.24, 2.45) is 5.92 Å². The molecule has 0 bridgehead atoms. The van der Waals surface area contributed by atoms with Crippen LogP contribution >= 0.6 is 23.2 Å². The standard InChI is InChI=1S/C17H19Cl2N3O5/c1-9(2)14(21-15(24)11-4-3-10(18)7-12(11)19)16(25)27-8-13(23)22-6-5-20-17(22)26/h3-4,7,9,14H,5-6,8H2,1-2H3,(H,20,26)(H,21,24)/t14-/m0/s1. The van der Waals surface area contributed by atoms with E-state index in [4.69, 9.17) is 27.9 Å². The Morgan fingerprint density at radius 2 is 2.00 bits per heavy atom. The van der Waals surface area contributed by atoms with Gasteiger partial charge in [-0.15, -0.1) is 0 Å². The highest BCUT2D eigenvalue weighted by atomic mass is 35.5. The molecule has 0 aliphatic carbocycles. The summed E-state index contributed by atoms with van der Waals surface area (Å²) in [4.78, 5) is 49.1. The van der Waals surface area contributed by atoms with Gasteiger partial charge in [0.1, 0.15) is 6.04 Å². The summed E-state index contributed by atoms with van der Waals surface area (Å²) >= 11 is 11.8. The molecule has 1 saturated heterocycles. The lowest BCUT2D eigenvalue weighted by molar-refractivity contribution is -0.153. The zero-order chi connectivity index (χ0) is 20.1. The first-order valence-electron chi connectivity index (χ1n) is 8.21. The maximum Gasteiger partial charge on any atom is 0.329 e. The van der Waals surface area contributed by atoms with Crippen LogP contribution in [-0.4, -0.2) is 54.5 Å². The third-order valence-corrected chi connectivity index (χ3v) is 4.43. The molecule has 0 radical (unpaired) electrons. The minimum absolute atomic E-state index is 0.145. The van der Waals surface area contributed by atoms with E-state index in [1.807, 2.05) is 0 Å². The predicted octanol–water partition coefficient (Wildman–Crippen LogP) is 1.84. The molecule has 0 unspecified atom stereocenters. The van der Waals surface area contributed by atoms with Crippen molar-refractivity contribution >= 4 is 47.0 Å². The average molecular weight is 416 g/mol. The number of halogens is 2. The summed E-state index contributed by atoms with van der Waals surface area (Å²) in [5.41, 5.74) is 0.157. The zero-order valence-corrected chi connectivity index (χ0v) is 16.3. The molecular weight excluding hydrogens is 397 g/mol. The quantitative estimate of drug-likeness (QED) is 0.689. The van der Waals surface area contributed by atoms with Crippen molar-refractivity contribution in [3.63, 3.8) is 0 Å². The smallest absolute Gasteiger partial charge is 0.329 e. The zero-order valence-electron chi connectivity index (χ0n) is 14.8. The molecule has 2 N–H and O–H groups in total. The number of benzene rings is 1. The molecular formula is C17H19Cl2N3O5. The van der Waals surface area contributed by atoms with Crippen LogP contribution in [0.15, 0.2) is 18.2 Å². The molecule has 0 saturated carbocycles. The molecule has 0 aromatic heterocycles. The lowest BCUT2D eigenvalue weighted by Gasteiger charge is -2.21. The van der Waals surface area contributed by atoms with Gasteiger partial charge in [-0.05, 0) is 24.1 Å². The van der Waals surface area contributed by atoms with E-state index in [-0.39, 0.29) is 23.0 Å². The Morgan fingerprint density at radius 3 is 2.56 bits per heavy atom. The van der Waals surface area contributed by atoms with Crippen molar-refractivity contribution in [2.45, 2.75) is 19.9 Å². The third-order valence-electron chi connectivity index (χ3n) is 3.88. The van der Waals surface area contributed by atoms with Gasteiger partial charge in [-0.2, -0.15) is 0 Å². The van der Waals surface area contributed by atoms with Gasteiger partial charge < -0.3 is 15.4 Å². The van der Waals surface area contributed by atoms with Crippen molar-refractivity contribution in [1.29, 1.82) is 0 Å². The topological polar surface area (TPSA) is 105 Å². The molecule has 1 fully saturated rings. The molecule has 8 nitrogen and oxygen atoms in total. The first kappa shape index (κ1) is 21.0. The van der Waals surface area contributed by atoms with Gasteiger partial charge >= 0.3 is 12.0 Å². The largest absolute Gasteiger partial charge is 0.454 e. The van der Waals surface area contributed by atoms with Crippen LogP contribution in [0.4, 0.5) is 4.79 Å². The van der Waals surface area contributed by atoms with E-state index in [1.54, 1.807) is 13.8 Å². The van der Waals surface area contributed by atoms with Crippen LogP contribution < -0.4 is 10.6 Å². The lowest BCUT2D eigenvalue weighted by atomic mass is 10.0. The summed E-state index contributed by atoms with van der Waals surface area (Å²) in [6.07, 6.45) is 0. The number of carbonyl (C=O) groups excluding carboxylic acids is 4. The second-order valence-electron chi connectivity index (χ2n) is 6.20. The fraction of sp³-hybridized carbons (Fsp3) is 0.412. The highest BCUT2D eigenvalue weighted by Crippen LogP contribution is 2.21. The first-order valence-corrected chi connectivity index (χ1v) is 8.97. The van der Waals surface area contributed by atoms with Gasteiger partial charge in [0.15, 0.2) is 6.61 Å². The number of rotatable bonds is 6. The molecule has 1 atom stereocenters. The third kappa shape index (κ3) is 5.33. The maximum absolute atomic E-state index is 12.4. The van der Waals surface area contributed by atoms with Gasteiger partial charge in [0.2, 0.25) is 0 Å². The minimum Gasteiger partial charge on any atom is -0.454 e. The average Bonchev–Trinajstić information content (AvgIpc) is 3.02.